The van der Waals surface area contributed by atoms with Gasteiger partial charge < -0.3 is 10.6 Å². The first-order chi connectivity index (χ1) is 13.7. The number of anilines is 1. The fraction of sp³-hybridized carbons (Fsp3) is 0.182. The third-order valence-corrected chi connectivity index (χ3v) is 4.65. The zero-order valence-corrected chi connectivity index (χ0v) is 15.3. The van der Waals surface area contributed by atoms with Gasteiger partial charge >= 0.3 is 0 Å². The van der Waals surface area contributed by atoms with Gasteiger partial charge in [-0.15, -0.1) is 0 Å². The molecule has 2 amide bonds. The maximum absolute atomic E-state index is 12.8. The number of hydrogen-bond acceptors (Lipinski definition) is 4. The summed E-state index contributed by atoms with van der Waals surface area (Å²) in [6.45, 7) is 0.648. The molecule has 6 heteroatoms. The fourth-order valence-electron chi connectivity index (χ4n) is 2.93. The lowest BCUT2D eigenvalue weighted by Gasteiger charge is -2.15. The molecule has 6 nitrogen and oxygen atoms in total. The van der Waals surface area contributed by atoms with Crippen LogP contribution in [0.2, 0.25) is 0 Å². The van der Waals surface area contributed by atoms with Gasteiger partial charge in [-0.05, 0) is 49.1 Å². The van der Waals surface area contributed by atoms with Gasteiger partial charge in [0.15, 0.2) is 0 Å². The predicted molar refractivity (Wildman–Crippen MR) is 107 cm³/mol. The van der Waals surface area contributed by atoms with Gasteiger partial charge in [0.05, 0.1) is 16.9 Å². The lowest BCUT2D eigenvalue weighted by Crippen LogP contribution is -2.27. The van der Waals surface area contributed by atoms with Crippen molar-refractivity contribution in [1.82, 2.24) is 15.3 Å². The van der Waals surface area contributed by atoms with Gasteiger partial charge in [0.2, 0.25) is 0 Å². The van der Waals surface area contributed by atoms with E-state index in [0.29, 0.717) is 35.0 Å². The van der Waals surface area contributed by atoms with Gasteiger partial charge in [0, 0.05) is 36.3 Å². The second kappa shape index (κ2) is 8.00. The number of carbonyl (C=O) groups is 2. The molecule has 1 aliphatic carbocycles. The minimum absolute atomic E-state index is 0.220. The van der Waals surface area contributed by atoms with Crippen LogP contribution in [0.5, 0.6) is 0 Å². The lowest BCUT2D eigenvalue weighted by atomic mass is 10.1. The quantitative estimate of drug-likeness (QED) is 0.693. The van der Waals surface area contributed by atoms with E-state index >= 15 is 0 Å². The van der Waals surface area contributed by atoms with Crippen LogP contribution in [-0.4, -0.2) is 28.3 Å². The molecule has 0 radical (unpaired) electrons. The topological polar surface area (TPSA) is 84.0 Å². The molecule has 2 aromatic heterocycles. The smallest absolute Gasteiger partial charge is 0.255 e. The molecular formula is C22H20N4O2. The van der Waals surface area contributed by atoms with E-state index in [1.54, 1.807) is 55.0 Å². The van der Waals surface area contributed by atoms with Crippen molar-refractivity contribution in [3.05, 3.63) is 78.2 Å². The molecule has 0 unspecified atom stereocenters. The number of carbonyl (C=O) groups excluding carboxylic acids is 2. The van der Waals surface area contributed by atoms with Gasteiger partial charge in [-0.25, -0.2) is 0 Å². The summed E-state index contributed by atoms with van der Waals surface area (Å²) in [5.74, 6) is 0.0451. The summed E-state index contributed by atoms with van der Waals surface area (Å²) in [7, 11) is 0. The van der Waals surface area contributed by atoms with Gasteiger partial charge in [0.1, 0.15) is 0 Å². The van der Waals surface area contributed by atoms with E-state index in [1.807, 2.05) is 12.1 Å². The average molecular weight is 372 g/mol. The highest BCUT2D eigenvalue weighted by atomic mass is 16.2. The summed E-state index contributed by atoms with van der Waals surface area (Å²) in [6, 6.07) is 14.2. The highest BCUT2D eigenvalue weighted by Gasteiger charge is 2.24. The number of hydrogen-bond donors (Lipinski definition) is 2. The van der Waals surface area contributed by atoms with E-state index in [2.05, 4.69) is 20.6 Å². The van der Waals surface area contributed by atoms with Crippen molar-refractivity contribution in [2.24, 2.45) is 5.92 Å². The van der Waals surface area contributed by atoms with Crippen LogP contribution in [0.15, 0.2) is 67.1 Å². The maximum atomic E-state index is 12.8. The number of amides is 2. The molecule has 0 atom stereocenters. The van der Waals surface area contributed by atoms with E-state index in [1.165, 1.54) is 0 Å². The first-order valence-electron chi connectivity index (χ1n) is 9.26. The number of pyridine rings is 2. The summed E-state index contributed by atoms with van der Waals surface area (Å²) in [6.07, 6.45) is 7.20. The number of nitrogens with zero attached hydrogens (tertiary/aromatic N) is 2. The predicted octanol–water partition coefficient (Wildman–Crippen LogP) is 3.54. The molecule has 3 aromatic rings. The lowest BCUT2D eigenvalue weighted by molar-refractivity contribution is 0.0952. The largest absolute Gasteiger partial charge is 0.352 e. The molecule has 2 N–H and O–H groups in total. The Bertz CT molecular complexity index is 986. The molecule has 140 valence electrons. The standard InChI is InChI=1S/C22H20N4O2/c27-21(16-5-2-1-3-6-16)26-20-18(22(28)25-13-15-8-9-15)10-12-24-19(20)17-7-4-11-23-14-17/h1-7,10-12,14-15H,8-9,13H2,(H,25,28)(H,26,27). The molecule has 0 bridgehead atoms. The molecule has 0 saturated heterocycles. The Kier molecular flexibility index (Phi) is 5.10. The normalized spacial score (nSPS) is 13.0. The number of benzene rings is 1. The molecule has 4 rings (SSSR count). The Morgan fingerprint density at radius 2 is 1.79 bits per heavy atom. The monoisotopic (exact) mass is 372 g/mol. The molecule has 0 aliphatic heterocycles. The van der Waals surface area contributed by atoms with Crippen LogP contribution in [0.3, 0.4) is 0 Å². The average Bonchev–Trinajstić information content (AvgIpc) is 3.58. The van der Waals surface area contributed by atoms with Crippen molar-refractivity contribution in [2.75, 3.05) is 11.9 Å². The number of rotatable bonds is 6. The minimum atomic E-state index is -0.296. The summed E-state index contributed by atoms with van der Waals surface area (Å²) < 4.78 is 0. The van der Waals surface area contributed by atoms with E-state index < -0.39 is 0 Å². The second-order valence-electron chi connectivity index (χ2n) is 6.80. The Morgan fingerprint density at radius 3 is 2.50 bits per heavy atom. The summed E-state index contributed by atoms with van der Waals surface area (Å²) in [4.78, 5) is 34.1. The van der Waals surface area contributed by atoms with Crippen LogP contribution in [0.25, 0.3) is 11.3 Å². The molecular weight excluding hydrogens is 352 g/mol. The molecule has 1 aliphatic rings. The first kappa shape index (κ1) is 17.9. The Morgan fingerprint density at radius 1 is 0.964 bits per heavy atom. The highest BCUT2D eigenvalue weighted by molar-refractivity contribution is 6.11. The molecule has 1 aromatic carbocycles. The fourth-order valence-corrected chi connectivity index (χ4v) is 2.93. The van der Waals surface area contributed by atoms with Gasteiger partial charge in [-0.3, -0.25) is 19.6 Å². The van der Waals surface area contributed by atoms with E-state index in [9.17, 15) is 9.59 Å². The first-order valence-corrected chi connectivity index (χ1v) is 9.26. The Balaban J connectivity index is 1.71. The van der Waals surface area contributed by atoms with Crippen molar-refractivity contribution in [1.29, 1.82) is 0 Å². The minimum Gasteiger partial charge on any atom is -0.352 e. The molecule has 0 spiro atoms. The number of nitrogens with one attached hydrogen (secondary N) is 2. The van der Waals surface area contributed by atoms with E-state index in [-0.39, 0.29) is 11.8 Å². The zero-order chi connectivity index (χ0) is 19.3. The molecule has 1 saturated carbocycles. The number of aromatic nitrogens is 2. The van der Waals surface area contributed by atoms with Crippen LogP contribution < -0.4 is 10.6 Å². The second-order valence-corrected chi connectivity index (χ2v) is 6.80. The van der Waals surface area contributed by atoms with Gasteiger partial charge in [-0.2, -0.15) is 0 Å². The summed E-state index contributed by atoms with van der Waals surface area (Å²) >= 11 is 0. The van der Waals surface area contributed by atoms with Crippen molar-refractivity contribution in [3.63, 3.8) is 0 Å². The SMILES string of the molecule is O=C(Nc1c(C(=O)NCC2CC2)ccnc1-c1cccnc1)c1ccccc1. The molecule has 1 fully saturated rings. The van der Waals surface area contributed by atoms with Crippen molar-refractivity contribution >= 4 is 17.5 Å². The van der Waals surface area contributed by atoms with Crippen molar-refractivity contribution in [3.8, 4) is 11.3 Å². The van der Waals surface area contributed by atoms with E-state index in [0.717, 1.165) is 18.4 Å². The Labute approximate surface area is 163 Å². The molecule has 2 heterocycles. The van der Waals surface area contributed by atoms with Gasteiger partial charge in [-0.1, -0.05) is 18.2 Å². The molecule has 28 heavy (non-hydrogen) atoms. The third kappa shape index (κ3) is 4.06. The van der Waals surface area contributed by atoms with Crippen molar-refractivity contribution in [2.45, 2.75) is 12.8 Å². The van der Waals surface area contributed by atoms with Crippen LogP contribution in [0.1, 0.15) is 33.6 Å². The Hall–Kier alpha value is -3.54. The third-order valence-electron chi connectivity index (χ3n) is 4.65. The van der Waals surface area contributed by atoms with Crippen LogP contribution in [0, 0.1) is 5.92 Å². The summed E-state index contributed by atoms with van der Waals surface area (Å²) in [5, 5.41) is 5.85. The van der Waals surface area contributed by atoms with Crippen molar-refractivity contribution < 1.29 is 9.59 Å². The highest BCUT2D eigenvalue weighted by Crippen LogP contribution is 2.30. The summed E-state index contributed by atoms with van der Waals surface area (Å²) in [5.41, 5.74) is 2.52. The van der Waals surface area contributed by atoms with Gasteiger partial charge in [0.25, 0.3) is 11.8 Å². The maximum Gasteiger partial charge on any atom is 0.255 e. The van der Waals surface area contributed by atoms with E-state index in [4.69, 9.17) is 0 Å². The van der Waals surface area contributed by atoms with Crippen LogP contribution in [-0.2, 0) is 0 Å². The van der Waals surface area contributed by atoms with Crippen LogP contribution >= 0.6 is 0 Å². The van der Waals surface area contributed by atoms with Crippen LogP contribution in [0.4, 0.5) is 5.69 Å². The zero-order valence-electron chi connectivity index (χ0n) is 15.3.